The van der Waals surface area contributed by atoms with E-state index in [0.717, 1.165) is 24.5 Å². The maximum atomic E-state index is 14.2. The largest absolute Gasteiger partial charge is 0.337 e. The molecule has 0 saturated carbocycles. The van der Waals surface area contributed by atoms with E-state index in [1.807, 2.05) is 30.3 Å². The molecular weight excluding hydrogens is 423 g/mol. The lowest BCUT2D eigenvalue weighted by Gasteiger charge is -2.15. The van der Waals surface area contributed by atoms with E-state index in [-0.39, 0.29) is 41.0 Å². The molecule has 4 rings (SSSR count). The molecule has 8 heteroatoms. The highest BCUT2D eigenvalue weighted by molar-refractivity contribution is 6.04. The van der Waals surface area contributed by atoms with Crippen LogP contribution in [-0.2, 0) is 11.2 Å². The molecule has 7 nitrogen and oxygen atoms in total. The van der Waals surface area contributed by atoms with E-state index in [9.17, 15) is 18.8 Å². The summed E-state index contributed by atoms with van der Waals surface area (Å²) in [7, 11) is 0. The molecule has 2 heterocycles. The number of rotatable bonds is 6. The number of carbonyl (C=O) groups is 3. The highest BCUT2D eigenvalue weighted by Crippen LogP contribution is 2.21. The van der Waals surface area contributed by atoms with Crippen LogP contribution in [0.2, 0.25) is 0 Å². The van der Waals surface area contributed by atoms with E-state index < -0.39 is 11.7 Å². The zero-order valence-electron chi connectivity index (χ0n) is 17.9. The summed E-state index contributed by atoms with van der Waals surface area (Å²) >= 11 is 0. The molecule has 168 valence electrons. The predicted octanol–water partition coefficient (Wildman–Crippen LogP) is 3.89. The monoisotopic (exact) mass is 446 g/mol. The van der Waals surface area contributed by atoms with Gasteiger partial charge in [0, 0.05) is 18.8 Å². The molecule has 3 amide bonds. The smallest absolute Gasteiger partial charge is 0.274 e. The second-order valence-electron chi connectivity index (χ2n) is 7.77. The third kappa shape index (κ3) is 5.60. The standard InChI is InChI=1S/C25H23FN4O3/c26-19-12-11-18(16-22(19)29-23(31)15-17-7-2-1-3-8-17)27-24(32)20-9-6-10-21(28-20)25(33)30-13-4-5-14-30/h1-3,6-12,16H,4-5,13-15H2,(H,27,32)(H,29,31). The highest BCUT2D eigenvalue weighted by Gasteiger charge is 2.21. The van der Waals surface area contributed by atoms with Gasteiger partial charge < -0.3 is 15.5 Å². The molecule has 33 heavy (non-hydrogen) atoms. The van der Waals surface area contributed by atoms with Gasteiger partial charge in [0.15, 0.2) is 0 Å². The lowest BCUT2D eigenvalue weighted by atomic mass is 10.1. The number of carbonyl (C=O) groups excluding carboxylic acids is 3. The Morgan fingerprint density at radius 1 is 0.879 bits per heavy atom. The van der Waals surface area contributed by atoms with Crippen molar-refractivity contribution in [2.45, 2.75) is 19.3 Å². The van der Waals surface area contributed by atoms with Crippen molar-refractivity contribution in [1.82, 2.24) is 9.88 Å². The maximum Gasteiger partial charge on any atom is 0.274 e. The topological polar surface area (TPSA) is 91.4 Å². The Labute approximate surface area is 190 Å². The summed E-state index contributed by atoms with van der Waals surface area (Å²) in [5, 5.41) is 5.18. The number of pyridine rings is 1. The van der Waals surface area contributed by atoms with Gasteiger partial charge in [-0.15, -0.1) is 0 Å². The van der Waals surface area contributed by atoms with Crippen molar-refractivity contribution in [3.05, 3.63) is 89.5 Å². The van der Waals surface area contributed by atoms with Crippen LogP contribution >= 0.6 is 0 Å². The van der Waals surface area contributed by atoms with E-state index in [4.69, 9.17) is 0 Å². The number of nitrogens with one attached hydrogen (secondary N) is 2. The Kier molecular flexibility index (Phi) is 6.73. The van der Waals surface area contributed by atoms with Gasteiger partial charge in [-0.25, -0.2) is 9.37 Å². The number of anilines is 2. The lowest BCUT2D eigenvalue weighted by Crippen LogP contribution is -2.29. The van der Waals surface area contributed by atoms with Gasteiger partial charge in [0.25, 0.3) is 11.8 Å². The van der Waals surface area contributed by atoms with Crippen molar-refractivity contribution in [1.29, 1.82) is 0 Å². The minimum atomic E-state index is -0.620. The van der Waals surface area contributed by atoms with Crippen LogP contribution in [0.15, 0.2) is 66.7 Å². The van der Waals surface area contributed by atoms with E-state index >= 15 is 0 Å². The first-order valence-electron chi connectivity index (χ1n) is 10.7. The zero-order valence-corrected chi connectivity index (χ0v) is 17.9. The predicted molar refractivity (Wildman–Crippen MR) is 123 cm³/mol. The fourth-order valence-corrected chi connectivity index (χ4v) is 3.63. The van der Waals surface area contributed by atoms with Gasteiger partial charge in [-0.2, -0.15) is 0 Å². The van der Waals surface area contributed by atoms with E-state index in [1.165, 1.54) is 18.2 Å². The van der Waals surface area contributed by atoms with Crippen LogP contribution in [0, 0.1) is 5.82 Å². The van der Waals surface area contributed by atoms with Crippen molar-refractivity contribution >= 4 is 29.1 Å². The quantitative estimate of drug-likeness (QED) is 0.601. The van der Waals surface area contributed by atoms with Crippen LogP contribution in [0.5, 0.6) is 0 Å². The summed E-state index contributed by atoms with van der Waals surface area (Å²) < 4.78 is 14.2. The Hall–Kier alpha value is -4.07. The Balaban J connectivity index is 1.43. The van der Waals surface area contributed by atoms with Crippen molar-refractivity contribution in [3.63, 3.8) is 0 Å². The molecule has 0 bridgehead atoms. The number of aromatic nitrogens is 1. The number of nitrogens with zero attached hydrogens (tertiary/aromatic N) is 2. The van der Waals surface area contributed by atoms with Gasteiger partial charge >= 0.3 is 0 Å². The van der Waals surface area contributed by atoms with E-state index in [2.05, 4.69) is 15.6 Å². The highest BCUT2D eigenvalue weighted by atomic mass is 19.1. The summed E-state index contributed by atoms with van der Waals surface area (Å²) in [4.78, 5) is 43.4. The molecule has 1 aliphatic heterocycles. The van der Waals surface area contributed by atoms with Crippen LogP contribution in [0.1, 0.15) is 39.4 Å². The Morgan fingerprint density at radius 3 is 2.36 bits per heavy atom. The van der Waals surface area contributed by atoms with Gasteiger partial charge in [-0.3, -0.25) is 14.4 Å². The van der Waals surface area contributed by atoms with Gasteiger partial charge in [-0.05, 0) is 48.7 Å². The molecule has 1 saturated heterocycles. The summed E-state index contributed by atoms with van der Waals surface area (Å²) in [6, 6.07) is 17.7. The maximum absolute atomic E-state index is 14.2. The van der Waals surface area contributed by atoms with Gasteiger partial charge in [-0.1, -0.05) is 36.4 Å². The average molecular weight is 446 g/mol. The molecule has 0 spiro atoms. The fourth-order valence-electron chi connectivity index (χ4n) is 3.63. The van der Waals surface area contributed by atoms with Gasteiger partial charge in [0.1, 0.15) is 17.2 Å². The van der Waals surface area contributed by atoms with Crippen LogP contribution in [0.25, 0.3) is 0 Å². The number of hydrogen-bond donors (Lipinski definition) is 2. The minimum Gasteiger partial charge on any atom is -0.337 e. The molecule has 0 atom stereocenters. The summed E-state index contributed by atoms with van der Waals surface area (Å²) in [5.74, 6) is -1.74. The molecule has 0 radical (unpaired) electrons. The fraction of sp³-hybridized carbons (Fsp3) is 0.200. The number of likely N-dealkylation sites (tertiary alicyclic amines) is 1. The molecular formula is C25H23FN4O3. The number of hydrogen-bond acceptors (Lipinski definition) is 4. The van der Waals surface area contributed by atoms with E-state index in [0.29, 0.717) is 13.1 Å². The van der Waals surface area contributed by atoms with Gasteiger partial charge in [0.2, 0.25) is 5.91 Å². The average Bonchev–Trinajstić information content (AvgIpc) is 3.36. The Bertz CT molecular complexity index is 1180. The minimum absolute atomic E-state index is 0.0420. The van der Waals surface area contributed by atoms with Gasteiger partial charge in [0.05, 0.1) is 12.1 Å². The second kappa shape index (κ2) is 10.0. The van der Waals surface area contributed by atoms with E-state index in [1.54, 1.807) is 17.0 Å². The molecule has 1 aromatic heterocycles. The first kappa shape index (κ1) is 22.1. The van der Waals surface area contributed by atoms with Crippen LogP contribution in [0.4, 0.5) is 15.8 Å². The summed E-state index contributed by atoms with van der Waals surface area (Å²) in [6.45, 7) is 1.37. The summed E-state index contributed by atoms with van der Waals surface area (Å²) in [6.07, 6.45) is 2.01. The first-order chi connectivity index (χ1) is 16.0. The third-order valence-electron chi connectivity index (χ3n) is 5.30. The number of benzene rings is 2. The van der Waals surface area contributed by atoms with Crippen molar-refractivity contribution in [2.24, 2.45) is 0 Å². The Morgan fingerprint density at radius 2 is 1.61 bits per heavy atom. The number of amides is 3. The molecule has 0 unspecified atom stereocenters. The summed E-state index contributed by atoms with van der Waals surface area (Å²) in [5.41, 5.74) is 1.32. The lowest BCUT2D eigenvalue weighted by molar-refractivity contribution is -0.115. The second-order valence-corrected chi connectivity index (χ2v) is 7.77. The molecule has 0 aliphatic carbocycles. The molecule has 2 aromatic carbocycles. The van der Waals surface area contributed by atoms with Crippen LogP contribution in [-0.4, -0.2) is 40.7 Å². The van der Waals surface area contributed by atoms with Crippen LogP contribution < -0.4 is 10.6 Å². The van der Waals surface area contributed by atoms with Crippen LogP contribution in [0.3, 0.4) is 0 Å². The molecule has 1 aliphatic rings. The van der Waals surface area contributed by atoms with Crippen molar-refractivity contribution in [3.8, 4) is 0 Å². The van der Waals surface area contributed by atoms with Crippen molar-refractivity contribution in [2.75, 3.05) is 23.7 Å². The molecule has 2 N–H and O–H groups in total. The normalized spacial score (nSPS) is 12.9. The number of halogens is 1. The SMILES string of the molecule is O=C(Cc1ccccc1)Nc1cc(NC(=O)c2cccc(C(=O)N3CCCC3)n2)ccc1F. The van der Waals surface area contributed by atoms with Crippen molar-refractivity contribution < 1.29 is 18.8 Å². The molecule has 1 fully saturated rings. The first-order valence-corrected chi connectivity index (χ1v) is 10.7. The third-order valence-corrected chi connectivity index (χ3v) is 5.30. The molecule has 3 aromatic rings. The zero-order chi connectivity index (χ0) is 23.2.